The van der Waals surface area contributed by atoms with Crippen LogP contribution in [0.25, 0.3) is 0 Å². The Kier molecular flexibility index (Phi) is 2.48. The van der Waals surface area contributed by atoms with E-state index in [1.165, 1.54) is 19.1 Å². The summed E-state index contributed by atoms with van der Waals surface area (Å²) in [6.45, 7) is 1.87. The van der Waals surface area contributed by atoms with Crippen LogP contribution in [0.4, 0.5) is 8.78 Å². The van der Waals surface area contributed by atoms with Crippen LogP contribution >= 0.6 is 0 Å². The summed E-state index contributed by atoms with van der Waals surface area (Å²) >= 11 is 0. The van der Waals surface area contributed by atoms with Gasteiger partial charge in [0, 0.05) is 18.6 Å². The molecule has 1 heterocycles. The molecule has 4 heteroatoms. The quantitative estimate of drug-likeness (QED) is 0.773. The molecule has 2 rings (SSSR count). The van der Waals surface area contributed by atoms with Crippen molar-refractivity contribution in [3.63, 3.8) is 0 Å². The highest BCUT2D eigenvalue weighted by molar-refractivity contribution is 5.30. The number of benzene rings is 1. The Morgan fingerprint density at radius 1 is 1.33 bits per heavy atom. The van der Waals surface area contributed by atoms with Gasteiger partial charge in [-0.15, -0.1) is 0 Å². The standard InChI is InChI=1S/C11H12F2O2/c1-7-2-3-8(10(13)9(7)12)11(14)4-5-15-6-11/h2-3,14H,4-6H2,1H3. The molecule has 0 bridgehead atoms. The maximum Gasteiger partial charge on any atom is 0.165 e. The van der Waals surface area contributed by atoms with Crippen LogP contribution in [0.2, 0.25) is 0 Å². The summed E-state index contributed by atoms with van der Waals surface area (Å²) in [5.74, 6) is -1.86. The van der Waals surface area contributed by atoms with Gasteiger partial charge in [0.1, 0.15) is 5.60 Å². The Morgan fingerprint density at radius 3 is 2.67 bits per heavy atom. The fourth-order valence-electron chi connectivity index (χ4n) is 1.77. The Bertz CT molecular complexity index is 384. The second-order valence-corrected chi connectivity index (χ2v) is 3.89. The van der Waals surface area contributed by atoms with Crippen molar-refractivity contribution < 1.29 is 18.6 Å². The van der Waals surface area contributed by atoms with Gasteiger partial charge < -0.3 is 9.84 Å². The second-order valence-electron chi connectivity index (χ2n) is 3.89. The summed E-state index contributed by atoms with van der Waals surface area (Å²) in [5, 5.41) is 10.0. The summed E-state index contributed by atoms with van der Waals surface area (Å²) in [5.41, 5.74) is -1.15. The van der Waals surface area contributed by atoms with Crippen LogP contribution in [0.3, 0.4) is 0 Å². The minimum atomic E-state index is -1.38. The van der Waals surface area contributed by atoms with Gasteiger partial charge in [0.2, 0.25) is 0 Å². The first-order valence-corrected chi connectivity index (χ1v) is 4.80. The third-order valence-corrected chi connectivity index (χ3v) is 2.78. The summed E-state index contributed by atoms with van der Waals surface area (Å²) in [7, 11) is 0. The molecule has 0 spiro atoms. The van der Waals surface area contributed by atoms with Gasteiger partial charge in [-0.2, -0.15) is 0 Å². The molecule has 15 heavy (non-hydrogen) atoms. The molecule has 1 fully saturated rings. The molecule has 0 aliphatic carbocycles. The molecule has 0 saturated carbocycles. The highest BCUT2D eigenvalue weighted by Gasteiger charge is 2.37. The van der Waals surface area contributed by atoms with E-state index in [0.29, 0.717) is 13.0 Å². The number of hydrogen-bond donors (Lipinski definition) is 1. The van der Waals surface area contributed by atoms with Gasteiger partial charge in [-0.1, -0.05) is 12.1 Å². The van der Waals surface area contributed by atoms with Gasteiger partial charge >= 0.3 is 0 Å². The second kappa shape index (κ2) is 3.54. The third-order valence-electron chi connectivity index (χ3n) is 2.78. The first-order valence-electron chi connectivity index (χ1n) is 4.80. The zero-order valence-corrected chi connectivity index (χ0v) is 8.39. The number of aliphatic hydroxyl groups is 1. The van der Waals surface area contributed by atoms with Crippen LogP contribution in [-0.4, -0.2) is 18.3 Å². The summed E-state index contributed by atoms with van der Waals surface area (Å²) < 4.78 is 31.9. The van der Waals surface area contributed by atoms with E-state index >= 15 is 0 Å². The molecule has 1 atom stereocenters. The molecule has 1 aliphatic heterocycles. The maximum absolute atomic E-state index is 13.6. The highest BCUT2D eigenvalue weighted by atomic mass is 19.2. The average Bonchev–Trinajstić information content (AvgIpc) is 2.62. The van der Waals surface area contributed by atoms with E-state index in [1.807, 2.05) is 0 Å². The number of rotatable bonds is 1. The van der Waals surface area contributed by atoms with Gasteiger partial charge in [-0.25, -0.2) is 8.78 Å². The molecule has 1 unspecified atom stereocenters. The number of ether oxygens (including phenoxy) is 1. The lowest BCUT2D eigenvalue weighted by Crippen LogP contribution is -2.27. The molecular formula is C11H12F2O2. The zero-order chi connectivity index (χ0) is 11.1. The van der Waals surface area contributed by atoms with Gasteiger partial charge in [0.25, 0.3) is 0 Å². The maximum atomic E-state index is 13.6. The van der Waals surface area contributed by atoms with Crippen LogP contribution in [0.1, 0.15) is 17.5 Å². The summed E-state index contributed by atoms with van der Waals surface area (Å²) in [6, 6.07) is 2.88. The summed E-state index contributed by atoms with van der Waals surface area (Å²) in [4.78, 5) is 0. The molecule has 1 aliphatic rings. The Hall–Kier alpha value is -1.00. The van der Waals surface area contributed by atoms with E-state index in [2.05, 4.69) is 0 Å². The topological polar surface area (TPSA) is 29.5 Å². The van der Waals surface area contributed by atoms with Crippen molar-refractivity contribution in [3.8, 4) is 0 Å². The van der Waals surface area contributed by atoms with Crippen LogP contribution in [0, 0.1) is 18.6 Å². The molecule has 2 nitrogen and oxygen atoms in total. The van der Waals surface area contributed by atoms with Crippen molar-refractivity contribution in [3.05, 3.63) is 34.9 Å². The Labute approximate surface area is 86.5 Å². The molecular weight excluding hydrogens is 202 g/mol. The van der Waals surface area contributed by atoms with Gasteiger partial charge in [-0.3, -0.25) is 0 Å². The van der Waals surface area contributed by atoms with Crippen LogP contribution in [0.5, 0.6) is 0 Å². The van der Waals surface area contributed by atoms with E-state index in [-0.39, 0.29) is 17.7 Å². The van der Waals surface area contributed by atoms with E-state index in [9.17, 15) is 13.9 Å². The van der Waals surface area contributed by atoms with Crippen molar-refractivity contribution in [1.82, 2.24) is 0 Å². The van der Waals surface area contributed by atoms with E-state index in [4.69, 9.17) is 4.74 Å². The van der Waals surface area contributed by atoms with Gasteiger partial charge in [0.15, 0.2) is 11.6 Å². The van der Waals surface area contributed by atoms with Gasteiger partial charge in [0.05, 0.1) is 6.61 Å². The lowest BCUT2D eigenvalue weighted by atomic mass is 9.92. The average molecular weight is 214 g/mol. The third kappa shape index (κ3) is 1.64. The lowest BCUT2D eigenvalue weighted by Gasteiger charge is -2.21. The first kappa shape index (κ1) is 10.5. The molecule has 0 amide bonds. The molecule has 0 radical (unpaired) electrons. The zero-order valence-electron chi connectivity index (χ0n) is 8.39. The van der Waals surface area contributed by atoms with E-state index in [0.717, 1.165) is 0 Å². The van der Waals surface area contributed by atoms with Gasteiger partial charge in [-0.05, 0) is 12.5 Å². The molecule has 1 aromatic carbocycles. The molecule has 0 aromatic heterocycles. The minimum Gasteiger partial charge on any atom is -0.383 e. The Morgan fingerprint density at radius 2 is 2.07 bits per heavy atom. The molecule has 82 valence electrons. The Balaban J connectivity index is 2.49. The predicted molar refractivity (Wildman–Crippen MR) is 50.4 cm³/mol. The fourth-order valence-corrected chi connectivity index (χ4v) is 1.77. The number of halogens is 2. The van der Waals surface area contributed by atoms with Crippen molar-refractivity contribution in [1.29, 1.82) is 0 Å². The summed E-state index contributed by atoms with van der Waals surface area (Å²) in [6.07, 6.45) is 0.298. The normalized spacial score (nSPS) is 25.9. The van der Waals surface area contributed by atoms with Crippen LogP contribution < -0.4 is 0 Å². The van der Waals surface area contributed by atoms with Crippen LogP contribution in [-0.2, 0) is 10.3 Å². The van der Waals surface area contributed by atoms with Crippen LogP contribution in [0.15, 0.2) is 12.1 Å². The minimum absolute atomic E-state index is 0.0110. The number of hydrogen-bond acceptors (Lipinski definition) is 2. The predicted octanol–water partition coefficient (Wildman–Crippen LogP) is 1.88. The SMILES string of the molecule is Cc1ccc(C2(O)CCOC2)c(F)c1F. The highest BCUT2D eigenvalue weighted by Crippen LogP contribution is 2.33. The molecule has 1 saturated heterocycles. The monoisotopic (exact) mass is 214 g/mol. The van der Waals surface area contributed by atoms with Crippen molar-refractivity contribution >= 4 is 0 Å². The number of aryl methyl sites for hydroxylation is 1. The first-order chi connectivity index (χ1) is 7.04. The van der Waals surface area contributed by atoms with Crippen molar-refractivity contribution in [2.45, 2.75) is 18.9 Å². The molecule has 1 N–H and O–H groups in total. The van der Waals surface area contributed by atoms with E-state index < -0.39 is 17.2 Å². The molecule has 1 aromatic rings. The lowest BCUT2D eigenvalue weighted by molar-refractivity contribution is 0.0196. The fraction of sp³-hybridized carbons (Fsp3) is 0.455. The smallest absolute Gasteiger partial charge is 0.165 e. The van der Waals surface area contributed by atoms with E-state index in [1.54, 1.807) is 0 Å². The largest absolute Gasteiger partial charge is 0.383 e. The van der Waals surface area contributed by atoms with Crippen molar-refractivity contribution in [2.75, 3.05) is 13.2 Å². The van der Waals surface area contributed by atoms with Crippen molar-refractivity contribution in [2.24, 2.45) is 0 Å².